The summed E-state index contributed by atoms with van der Waals surface area (Å²) in [5, 5.41) is 0. The molecule has 0 aliphatic heterocycles. The molecule has 1 aromatic carbocycles. The molecular formula is C14H11FN2OS. The maximum Gasteiger partial charge on any atom is 0.195 e. The van der Waals surface area contributed by atoms with Crippen LogP contribution < -0.4 is 0 Å². The van der Waals surface area contributed by atoms with Gasteiger partial charge in [0.1, 0.15) is 17.2 Å². The van der Waals surface area contributed by atoms with Crippen molar-refractivity contribution in [2.45, 2.75) is 13.8 Å². The van der Waals surface area contributed by atoms with Crippen molar-refractivity contribution in [1.82, 2.24) is 9.38 Å². The molecule has 0 aliphatic carbocycles. The highest BCUT2D eigenvalue weighted by Gasteiger charge is 2.17. The standard InChI is InChI=1S/C14H11FN2OS/c1-8-9(2)19-14-16-13(12(7-18)17(8)14)10-3-5-11(15)6-4-10/h3-7H,1-2H3. The van der Waals surface area contributed by atoms with E-state index in [0.717, 1.165) is 27.4 Å². The minimum atomic E-state index is -0.301. The number of thiazole rings is 1. The van der Waals surface area contributed by atoms with E-state index in [-0.39, 0.29) is 5.82 Å². The Hall–Kier alpha value is -2.01. The molecule has 0 fully saturated rings. The summed E-state index contributed by atoms with van der Waals surface area (Å²) >= 11 is 1.55. The van der Waals surface area contributed by atoms with E-state index in [9.17, 15) is 9.18 Å². The van der Waals surface area contributed by atoms with Gasteiger partial charge in [0.25, 0.3) is 0 Å². The maximum absolute atomic E-state index is 13.0. The van der Waals surface area contributed by atoms with Crippen molar-refractivity contribution >= 4 is 22.6 Å². The first-order valence-electron chi connectivity index (χ1n) is 5.81. The number of carbonyl (C=O) groups is 1. The third kappa shape index (κ3) is 1.77. The lowest BCUT2D eigenvalue weighted by atomic mass is 10.1. The number of benzene rings is 1. The summed E-state index contributed by atoms with van der Waals surface area (Å²) in [6, 6.07) is 6.01. The summed E-state index contributed by atoms with van der Waals surface area (Å²) in [6.07, 6.45) is 0.803. The van der Waals surface area contributed by atoms with Gasteiger partial charge < -0.3 is 0 Å². The smallest absolute Gasteiger partial charge is 0.195 e. The number of carbonyl (C=O) groups excluding carboxylic acids is 1. The zero-order chi connectivity index (χ0) is 13.6. The van der Waals surface area contributed by atoms with Crippen LogP contribution >= 0.6 is 11.3 Å². The highest BCUT2D eigenvalue weighted by atomic mass is 32.1. The van der Waals surface area contributed by atoms with Crippen LogP contribution in [-0.2, 0) is 0 Å². The topological polar surface area (TPSA) is 34.4 Å². The Labute approximate surface area is 113 Å². The molecule has 2 heterocycles. The van der Waals surface area contributed by atoms with Crippen molar-refractivity contribution in [2.24, 2.45) is 0 Å². The van der Waals surface area contributed by atoms with Crippen molar-refractivity contribution in [1.29, 1.82) is 0 Å². The Morgan fingerprint density at radius 1 is 1.26 bits per heavy atom. The van der Waals surface area contributed by atoms with E-state index in [1.165, 1.54) is 12.1 Å². The van der Waals surface area contributed by atoms with Gasteiger partial charge in [-0.1, -0.05) is 0 Å². The number of rotatable bonds is 2. The second-order valence-electron chi connectivity index (χ2n) is 4.33. The van der Waals surface area contributed by atoms with Crippen LogP contribution in [0.4, 0.5) is 4.39 Å². The zero-order valence-corrected chi connectivity index (χ0v) is 11.3. The second kappa shape index (κ2) is 4.28. The van der Waals surface area contributed by atoms with Crippen LogP contribution in [0.1, 0.15) is 21.1 Å². The van der Waals surface area contributed by atoms with Crippen molar-refractivity contribution in [2.75, 3.05) is 0 Å². The van der Waals surface area contributed by atoms with Gasteiger partial charge in [-0.15, -0.1) is 11.3 Å². The Kier molecular flexibility index (Phi) is 2.71. The summed E-state index contributed by atoms with van der Waals surface area (Å²) in [4.78, 5) is 17.8. The third-order valence-electron chi connectivity index (χ3n) is 3.20. The van der Waals surface area contributed by atoms with Gasteiger partial charge in [-0.3, -0.25) is 9.20 Å². The molecule has 0 spiro atoms. The SMILES string of the molecule is Cc1sc2nc(-c3ccc(F)cc3)c(C=O)n2c1C. The van der Waals surface area contributed by atoms with E-state index in [2.05, 4.69) is 4.98 Å². The Balaban J connectivity index is 2.30. The van der Waals surface area contributed by atoms with Crippen LogP contribution in [0.5, 0.6) is 0 Å². The lowest BCUT2D eigenvalue weighted by Gasteiger charge is -1.99. The Bertz CT molecular complexity index is 771. The predicted molar refractivity (Wildman–Crippen MR) is 73.3 cm³/mol. The lowest BCUT2D eigenvalue weighted by Crippen LogP contribution is -1.94. The van der Waals surface area contributed by atoms with Crippen LogP contribution in [0.15, 0.2) is 24.3 Å². The summed E-state index contributed by atoms with van der Waals surface area (Å²) in [7, 11) is 0. The molecule has 0 radical (unpaired) electrons. The average molecular weight is 274 g/mol. The number of aldehydes is 1. The molecule has 2 aromatic heterocycles. The van der Waals surface area contributed by atoms with Crippen molar-refractivity contribution in [3.05, 3.63) is 46.3 Å². The monoisotopic (exact) mass is 274 g/mol. The van der Waals surface area contributed by atoms with Crippen LogP contribution in [0.3, 0.4) is 0 Å². The molecule has 19 heavy (non-hydrogen) atoms. The fourth-order valence-electron chi connectivity index (χ4n) is 2.10. The van der Waals surface area contributed by atoms with Gasteiger partial charge in [0.15, 0.2) is 11.2 Å². The van der Waals surface area contributed by atoms with Gasteiger partial charge >= 0.3 is 0 Å². The van der Waals surface area contributed by atoms with Crippen LogP contribution in [-0.4, -0.2) is 15.7 Å². The van der Waals surface area contributed by atoms with Gasteiger partial charge in [0.05, 0.1) is 0 Å². The van der Waals surface area contributed by atoms with E-state index in [1.807, 2.05) is 18.2 Å². The highest BCUT2D eigenvalue weighted by molar-refractivity contribution is 7.17. The van der Waals surface area contributed by atoms with Crippen molar-refractivity contribution in [3.8, 4) is 11.3 Å². The summed E-state index contributed by atoms with van der Waals surface area (Å²) in [5.74, 6) is -0.301. The molecular weight excluding hydrogens is 263 g/mol. The van der Waals surface area contributed by atoms with E-state index < -0.39 is 0 Å². The normalized spacial score (nSPS) is 11.1. The molecule has 0 saturated heterocycles. The number of aromatic nitrogens is 2. The molecule has 0 N–H and O–H groups in total. The maximum atomic E-state index is 13.0. The number of imidazole rings is 1. The first kappa shape index (κ1) is 12.0. The molecule has 3 rings (SSSR count). The number of hydrogen-bond donors (Lipinski definition) is 0. The first-order valence-corrected chi connectivity index (χ1v) is 6.63. The van der Waals surface area contributed by atoms with E-state index >= 15 is 0 Å². The quantitative estimate of drug-likeness (QED) is 0.669. The summed E-state index contributed by atoms with van der Waals surface area (Å²) in [5.41, 5.74) is 2.88. The van der Waals surface area contributed by atoms with Crippen molar-refractivity contribution in [3.63, 3.8) is 0 Å². The minimum absolute atomic E-state index is 0.301. The van der Waals surface area contributed by atoms with Crippen LogP contribution in [0.2, 0.25) is 0 Å². The molecule has 0 bridgehead atoms. The number of nitrogens with zero attached hydrogens (tertiary/aromatic N) is 2. The summed E-state index contributed by atoms with van der Waals surface area (Å²) in [6.45, 7) is 3.96. The van der Waals surface area contributed by atoms with Crippen LogP contribution in [0, 0.1) is 19.7 Å². The van der Waals surface area contributed by atoms with E-state index in [1.54, 1.807) is 23.5 Å². The number of hydrogen-bond acceptors (Lipinski definition) is 3. The third-order valence-corrected chi connectivity index (χ3v) is 4.26. The zero-order valence-electron chi connectivity index (χ0n) is 10.5. The number of halogens is 1. The van der Waals surface area contributed by atoms with Gasteiger partial charge in [-0.2, -0.15) is 0 Å². The Morgan fingerprint density at radius 2 is 1.95 bits per heavy atom. The first-order chi connectivity index (χ1) is 9.11. The molecule has 3 aromatic rings. The van der Waals surface area contributed by atoms with Crippen molar-refractivity contribution < 1.29 is 9.18 Å². The van der Waals surface area contributed by atoms with Gasteiger partial charge in [-0.05, 0) is 38.1 Å². The summed E-state index contributed by atoms with van der Waals surface area (Å²) < 4.78 is 14.8. The predicted octanol–water partition coefficient (Wildman–Crippen LogP) is 3.63. The van der Waals surface area contributed by atoms with Gasteiger partial charge in [-0.25, -0.2) is 9.37 Å². The van der Waals surface area contributed by atoms with Crippen LogP contribution in [0.25, 0.3) is 16.2 Å². The molecule has 96 valence electrons. The fourth-order valence-corrected chi connectivity index (χ4v) is 3.08. The number of fused-ring (bicyclic) bond motifs is 1. The second-order valence-corrected chi connectivity index (χ2v) is 5.51. The largest absolute Gasteiger partial charge is 0.296 e. The van der Waals surface area contributed by atoms with E-state index in [4.69, 9.17) is 0 Å². The average Bonchev–Trinajstić information content (AvgIpc) is 2.88. The Morgan fingerprint density at radius 3 is 2.58 bits per heavy atom. The number of aryl methyl sites for hydroxylation is 2. The molecule has 0 amide bonds. The van der Waals surface area contributed by atoms with Gasteiger partial charge in [0, 0.05) is 16.1 Å². The molecule has 5 heteroatoms. The molecule has 0 aliphatic rings. The van der Waals surface area contributed by atoms with E-state index in [0.29, 0.717) is 11.4 Å². The van der Waals surface area contributed by atoms with Gasteiger partial charge in [0.2, 0.25) is 0 Å². The molecule has 0 saturated carbocycles. The lowest BCUT2D eigenvalue weighted by molar-refractivity contribution is 0.111. The molecule has 0 atom stereocenters. The fraction of sp³-hybridized carbons (Fsp3) is 0.143. The minimum Gasteiger partial charge on any atom is -0.296 e. The molecule has 3 nitrogen and oxygen atoms in total. The highest BCUT2D eigenvalue weighted by Crippen LogP contribution is 2.29. The molecule has 0 unspecified atom stereocenters.